The van der Waals surface area contributed by atoms with Gasteiger partial charge in [-0.25, -0.2) is 19.6 Å². The molecule has 1 aromatic heterocycles. The van der Waals surface area contributed by atoms with Crippen molar-refractivity contribution in [3.8, 4) is 0 Å². The number of rotatable bonds is 4. The highest BCUT2D eigenvalue weighted by Crippen LogP contribution is 2.25. The Labute approximate surface area is 129 Å². The first-order valence-electron chi connectivity index (χ1n) is 6.50. The lowest BCUT2D eigenvalue weighted by Gasteiger charge is -2.22. The summed E-state index contributed by atoms with van der Waals surface area (Å²) in [4.78, 5) is 29.1. The van der Waals surface area contributed by atoms with Gasteiger partial charge >= 0.3 is 18.2 Å². The fourth-order valence-corrected chi connectivity index (χ4v) is 1.51. The number of ether oxygens (including phenoxy) is 1. The number of alkyl halides is 3. The highest BCUT2D eigenvalue weighted by atomic mass is 19.4. The van der Waals surface area contributed by atoms with Gasteiger partial charge in [0, 0.05) is 18.3 Å². The minimum absolute atomic E-state index is 0.171. The standard InChI is InChI=1S/C13H16F3N3O4/c1-12(2,3)23-11(22)19-8(9(20)21)6-7-4-5-17-10(18-7)13(14,15)16/h4-5,8H,6H2,1-3H3,(H,19,22)(H,20,21)/t8-/m0/s1. The van der Waals surface area contributed by atoms with E-state index in [1.165, 1.54) is 0 Å². The number of hydrogen-bond donors (Lipinski definition) is 2. The average Bonchev–Trinajstić information content (AvgIpc) is 2.35. The third-order valence-electron chi connectivity index (χ3n) is 2.37. The number of amides is 1. The van der Waals surface area contributed by atoms with Gasteiger partial charge in [-0.05, 0) is 26.8 Å². The van der Waals surface area contributed by atoms with Crippen molar-refractivity contribution in [1.29, 1.82) is 0 Å². The number of aliphatic carboxylic acids is 1. The van der Waals surface area contributed by atoms with Gasteiger partial charge in [0.15, 0.2) is 0 Å². The normalized spacial score (nSPS) is 13.3. The van der Waals surface area contributed by atoms with Crippen LogP contribution in [0.15, 0.2) is 12.3 Å². The van der Waals surface area contributed by atoms with Gasteiger partial charge in [-0.3, -0.25) is 0 Å². The maximum absolute atomic E-state index is 12.5. The van der Waals surface area contributed by atoms with E-state index in [2.05, 4.69) is 15.3 Å². The summed E-state index contributed by atoms with van der Waals surface area (Å²) in [5.74, 6) is -2.81. The molecule has 1 aromatic rings. The van der Waals surface area contributed by atoms with Crippen molar-refractivity contribution in [3.05, 3.63) is 23.8 Å². The molecule has 1 rings (SSSR count). The number of hydrogen-bond acceptors (Lipinski definition) is 5. The van der Waals surface area contributed by atoms with Crippen LogP contribution in [0.5, 0.6) is 0 Å². The molecule has 0 aliphatic rings. The van der Waals surface area contributed by atoms with Crippen LogP contribution in [-0.2, 0) is 22.1 Å². The molecule has 0 spiro atoms. The molecule has 0 aliphatic heterocycles. The Bertz CT molecular complexity index is 585. The van der Waals surface area contributed by atoms with Gasteiger partial charge in [-0.1, -0.05) is 0 Å². The Balaban J connectivity index is 2.85. The zero-order valence-corrected chi connectivity index (χ0v) is 12.6. The lowest BCUT2D eigenvalue weighted by molar-refractivity contribution is -0.145. The number of alkyl carbamates (subject to hydrolysis) is 1. The average molecular weight is 335 g/mol. The van der Waals surface area contributed by atoms with E-state index in [-0.39, 0.29) is 5.69 Å². The van der Waals surface area contributed by atoms with E-state index in [1.54, 1.807) is 20.8 Å². The van der Waals surface area contributed by atoms with E-state index in [9.17, 15) is 22.8 Å². The Hall–Kier alpha value is -2.39. The number of carbonyl (C=O) groups is 2. The first-order valence-corrected chi connectivity index (χ1v) is 6.50. The zero-order valence-electron chi connectivity index (χ0n) is 12.6. The molecule has 7 nitrogen and oxygen atoms in total. The molecule has 2 N–H and O–H groups in total. The summed E-state index contributed by atoms with van der Waals surface area (Å²) in [5, 5.41) is 11.2. The molecular formula is C13H16F3N3O4. The summed E-state index contributed by atoms with van der Waals surface area (Å²) in [6, 6.07) is -0.345. The number of nitrogens with one attached hydrogen (secondary N) is 1. The summed E-state index contributed by atoms with van der Waals surface area (Å²) in [6.07, 6.45) is -5.31. The van der Waals surface area contributed by atoms with E-state index in [4.69, 9.17) is 9.84 Å². The van der Waals surface area contributed by atoms with Crippen LogP contribution in [0.25, 0.3) is 0 Å². The summed E-state index contributed by atoms with van der Waals surface area (Å²) in [6.45, 7) is 4.76. The van der Waals surface area contributed by atoms with Crippen LogP contribution >= 0.6 is 0 Å². The van der Waals surface area contributed by atoms with Crippen LogP contribution in [0, 0.1) is 0 Å². The van der Waals surface area contributed by atoms with Crippen molar-refractivity contribution >= 4 is 12.1 Å². The van der Waals surface area contributed by atoms with Gasteiger partial charge in [0.1, 0.15) is 11.6 Å². The van der Waals surface area contributed by atoms with Gasteiger partial charge < -0.3 is 15.2 Å². The van der Waals surface area contributed by atoms with E-state index >= 15 is 0 Å². The zero-order chi connectivity index (χ0) is 17.8. The lowest BCUT2D eigenvalue weighted by atomic mass is 10.1. The third-order valence-corrected chi connectivity index (χ3v) is 2.37. The second kappa shape index (κ2) is 6.80. The van der Waals surface area contributed by atoms with Gasteiger partial charge in [0.25, 0.3) is 0 Å². The molecule has 1 heterocycles. The molecule has 1 amide bonds. The minimum atomic E-state index is -4.74. The van der Waals surface area contributed by atoms with Crippen LogP contribution in [0.3, 0.4) is 0 Å². The van der Waals surface area contributed by atoms with Crippen molar-refractivity contribution in [1.82, 2.24) is 15.3 Å². The Kier molecular flexibility index (Phi) is 5.51. The second-order valence-corrected chi connectivity index (χ2v) is 5.61. The second-order valence-electron chi connectivity index (χ2n) is 5.61. The molecule has 0 aliphatic carbocycles. The molecule has 128 valence electrons. The summed E-state index contributed by atoms with van der Waals surface area (Å²) >= 11 is 0. The maximum atomic E-state index is 12.5. The molecule has 10 heteroatoms. The van der Waals surface area contributed by atoms with Gasteiger partial charge in [-0.2, -0.15) is 13.2 Å². The molecule has 0 unspecified atom stereocenters. The monoisotopic (exact) mass is 335 g/mol. The van der Waals surface area contributed by atoms with E-state index in [1.807, 2.05) is 0 Å². The Morgan fingerprint density at radius 1 is 1.35 bits per heavy atom. The minimum Gasteiger partial charge on any atom is -0.480 e. The molecule has 0 aromatic carbocycles. The van der Waals surface area contributed by atoms with E-state index in [0.717, 1.165) is 12.3 Å². The van der Waals surface area contributed by atoms with Crippen molar-refractivity contribution in [2.75, 3.05) is 0 Å². The molecule has 0 saturated heterocycles. The quantitative estimate of drug-likeness (QED) is 0.873. The first-order chi connectivity index (χ1) is 10.4. The highest BCUT2D eigenvalue weighted by Gasteiger charge is 2.35. The van der Waals surface area contributed by atoms with Crippen LogP contribution in [0.1, 0.15) is 32.3 Å². The fraction of sp³-hybridized carbons (Fsp3) is 0.538. The molecule has 0 bridgehead atoms. The number of carbonyl (C=O) groups excluding carboxylic acids is 1. The lowest BCUT2D eigenvalue weighted by Crippen LogP contribution is -2.44. The largest absolute Gasteiger partial charge is 0.480 e. The molecule has 0 saturated carbocycles. The van der Waals surface area contributed by atoms with Crippen LogP contribution in [0.2, 0.25) is 0 Å². The number of halogens is 3. The van der Waals surface area contributed by atoms with Crippen molar-refractivity contribution in [2.45, 2.75) is 45.0 Å². The SMILES string of the molecule is CC(C)(C)OC(=O)N[C@@H](Cc1ccnc(C(F)(F)F)n1)C(=O)O. The topological polar surface area (TPSA) is 101 Å². The van der Waals surface area contributed by atoms with E-state index < -0.39 is 42.1 Å². The molecule has 23 heavy (non-hydrogen) atoms. The molecule has 0 radical (unpaired) electrons. The maximum Gasteiger partial charge on any atom is 0.451 e. The summed E-state index contributed by atoms with van der Waals surface area (Å²) in [7, 11) is 0. The molecule has 0 fully saturated rings. The van der Waals surface area contributed by atoms with Crippen molar-refractivity contribution < 1.29 is 32.6 Å². The van der Waals surface area contributed by atoms with Gasteiger partial charge in [0.2, 0.25) is 5.82 Å². The van der Waals surface area contributed by atoms with Crippen LogP contribution < -0.4 is 5.32 Å². The van der Waals surface area contributed by atoms with Crippen LogP contribution in [0.4, 0.5) is 18.0 Å². The first kappa shape index (κ1) is 18.7. The predicted molar refractivity (Wildman–Crippen MR) is 71.5 cm³/mol. The summed E-state index contributed by atoms with van der Waals surface area (Å²) < 4.78 is 42.5. The van der Waals surface area contributed by atoms with Gasteiger partial charge in [-0.15, -0.1) is 0 Å². The molecule has 1 atom stereocenters. The number of carboxylic acid groups (broad SMARTS) is 1. The third kappa shape index (κ3) is 6.49. The Morgan fingerprint density at radius 3 is 2.43 bits per heavy atom. The number of nitrogens with zero attached hydrogens (tertiary/aromatic N) is 2. The fourth-order valence-electron chi connectivity index (χ4n) is 1.51. The number of carboxylic acids is 1. The predicted octanol–water partition coefficient (Wildman–Crippen LogP) is 2.02. The molecular weight excluding hydrogens is 319 g/mol. The number of aromatic nitrogens is 2. The van der Waals surface area contributed by atoms with Crippen LogP contribution in [-0.4, -0.2) is 38.8 Å². The van der Waals surface area contributed by atoms with Crippen molar-refractivity contribution in [2.24, 2.45) is 0 Å². The van der Waals surface area contributed by atoms with E-state index in [0.29, 0.717) is 0 Å². The highest BCUT2D eigenvalue weighted by molar-refractivity contribution is 5.80. The van der Waals surface area contributed by atoms with Gasteiger partial charge in [0.05, 0.1) is 0 Å². The smallest absolute Gasteiger partial charge is 0.451 e. The summed E-state index contributed by atoms with van der Waals surface area (Å²) in [5.41, 5.74) is -1.01. The van der Waals surface area contributed by atoms with Crippen molar-refractivity contribution in [3.63, 3.8) is 0 Å². The Morgan fingerprint density at radius 2 is 1.96 bits per heavy atom.